The Morgan fingerprint density at radius 3 is 2.31 bits per heavy atom. The van der Waals surface area contributed by atoms with Crippen molar-refractivity contribution in [2.24, 2.45) is 0 Å². The monoisotopic (exact) mass is 384 g/mol. The van der Waals surface area contributed by atoms with Crippen molar-refractivity contribution >= 4 is 16.9 Å². The number of carbonyl (C=O) groups excluding carboxylic acids is 1. The lowest BCUT2D eigenvalue weighted by Gasteiger charge is -2.13. The zero-order valence-corrected chi connectivity index (χ0v) is 15.7. The highest BCUT2D eigenvalue weighted by molar-refractivity contribution is 5.86. The molecule has 0 aliphatic carbocycles. The maximum atomic E-state index is 11.6. The number of nitrogens with zero attached hydrogens (tertiary/aromatic N) is 3. The number of aromatic hydroxyl groups is 1. The molecule has 0 radical (unpaired) electrons. The van der Waals surface area contributed by atoms with Crippen molar-refractivity contribution in [2.45, 2.75) is 13.0 Å². The zero-order chi connectivity index (χ0) is 20.2. The van der Waals surface area contributed by atoms with Crippen LogP contribution in [0.4, 0.5) is 0 Å². The van der Waals surface area contributed by atoms with Gasteiger partial charge in [0.15, 0.2) is 0 Å². The Balaban J connectivity index is 1.78. The molecule has 1 heterocycles. The van der Waals surface area contributed by atoms with Gasteiger partial charge < -0.3 is 10.4 Å². The first-order valence-corrected chi connectivity index (χ1v) is 9.25. The van der Waals surface area contributed by atoms with Gasteiger partial charge in [0.25, 0.3) is 0 Å². The normalized spacial score (nSPS) is 10.8. The molecule has 1 amide bonds. The molecular weight excluding hydrogens is 364 g/mol. The van der Waals surface area contributed by atoms with Gasteiger partial charge in [-0.15, -0.1) is 15.0 Å². The van der Waals surface area contributed by atoms with Gasteiger partial charge in [-0.05, 0) is 47.9 Å². The summed E-state index contributed by atoms with van der Waals surface area (Å²) in [5, 5.41) is 22.6. The lowest BCUT2D eigenvalue weighted by atomic mass is 10.0. The van der Waals surface area contributed by atoms with Crippen LogP contribution in [0.2, 0.25) is 0 Å². The molecule has 29 heavy (non-hydrogen) atoms. The Morgan fingerprint density at radius 2 is 1.66 bits per heavy atom. The minimum atomic E-state index is -0.303. The van der Waals surface area contributed by atoms with Crippen LogP contribution in [0.25, 0.3) is 16.7 Å². The average molecular weight is 384 g/mol. The molecule has 0 unspecified atom stereocenters. The van der Waals surface area contributed by atoms with E-state index in [4.69, 9.17) is 0 Å². The van der Waals surface area contributed by atoms with Crippen LogP contribution >= 0.6 is 0 Å². The number of carbonyl (C=O) groups is 1. The van der Waals surface area contributed by atoms with E-state index in [0.29, 0.717) is 17.7 Å². The molecule has 2 N–H and O–H groups in total. The summed E-state index contributed by atoms with van der Waals surface area (Å²) >= 11 is 0. The Hall–Kier alpha value is -3.93. The van der Waals surface area contributed by atoms with E-state index in [1.54, 1.807) is 0 Å². The van der Waals surface area contributed by atoms with E-state index in [-0.39, 0.29) is 18.2 Å². The second-order valence-electron chi connectivity index (χ2n) is 6.69. The number of fused-ring (bicyclic) bond motifs is 1. The van der Waals surface area contributed by atoms with Crippen molar-refractivity contribution in [1.29, 1.82) is 0 Å². The standard InChI is InChI=1S/C23H20N4O2/c1-2-22(28)24-15-18-13-17(12-16-8-4-3-5-9-16)14-21(23(18)29)27-25-19-10-6-7-11-20(19)26-27/h2-11,13-14,29H,1,12,15H2,(H,24,28). The molecule has 0 spiro atoms. The number of hydrogen-bond donors (Lipinski definition) is 2. The number of nitrogens with one attached hydrogen (secondary N) is 1. The van der Waals surface area contributed by atoms with Crippen molar-refractivity contribution in [3.63, 3.8) is 0 Å². The van der Waals surface area contributed by atoms with E-state index in [0.717, 1.165) is 22.2 Å². The molecule has 1 aromatic heterocycles. The number of benzene rings is 3. The van der Waals surface area contributed by atoms with Crippen LogP contribution in [-0.2, 0) is 17.8 Å². The first kappa shape index (κ1) is 18.4. The predicted molar refractivity (Wildman–Crippen MR) is 112 cm³/mol. The molecule has 6 heteroatoms. The van der Waals surface area contributed by atoms with Gasteiger partial charge >= 0.3 is 0 Å². The third kappa shape index (κ3) is 4.01. The largest absolute Gasteiger partial charge is 0.505 e. The summed E-state index contributed by atoms with van der Waals surface area (Å²) in [6.45, 7) is 3.63. The van der Waals surface area contributed by atoms with Crippen molar-refractivity contribution in [3.8, 4) is 11.4 Å². The zero-order valence-electron chi connectivity index (χ0n) is 15.7. The van der Waals surface area contributed by atoms with Crippen LogP contribution in [-0.4, -0.2) is 26.0 Å². The van der Waals surface area contributed by atoms with Gasteiger partial charge in [-0.25, -0.2) is 0 Å². The van der Waals surface area contributed by atoms with Crippen LogP contribution in [0.15, 0.2) is 79.4 Å². The Morgan fingerprint density at radius 1 is 1.00 bits per heavy atom. The maximum Gasteiger partial charge on any atom is 0.243 e. The molecule has 0 atom stereocenters. The summed E-state index contributed by atoms with van der Waals surface area (Å²) in [6.07, 6.45) is 1.88. The maximum absolute atomic E-state index is 11.6. The summed E-state index contributed by atoms with van der Waals surface area (Å²) in [7, 11) is 0. The Kier molecular flexibility index (Phi) is 5.07. The number of aromatic nitrogens is 3. The second-order valence-corrected chi connectivity index (χ2v) is 6.69. The van der Waals surface area contributed by atoms with Gasteiger partial charge in [-0.3, -0.25) is 4.79 Å². The summed E-state index contributed by atoms with van der Waals surface area (Å²) in [4.78, 5) is 13.0. The highest BCUT2D eigenvalue weighted by atomic mass is 16.3. The van der Waals surface area contributed by atoms with Crippen LogP contribution in [0.1, 0.15) is 16.7 Å². The SMILES string of the molecule is C=CC(=O)NCc1cc(Cc2ccccc2)cc(-n2nc3ccccc3n2)c1O. The quantitative estimate of drug-likeness (QED) is 0.499. The molecule has 4 rings (SSSR count). The lowest BCUT2D eigenvalue weighted by Crippen LogP contribution is -2.20. The first-order chi connectivity index (χ1) is 14.1. The van der Waals surface area contributed by atoms with Gasteiger partial charge in [0.05, 0.1) is 0 Å². The third-order valence-electron chi connectivity index (χ3n) is 4.62. The molecule has 0 saturated carbocycles. The van der Waals surface area contributed by atoms with Crippen molar-refractivity contribution in [3.05, 3.63) is 96.1 Å². The van der Waals surface area contributed by atoms with E-state index in [9.17, 15) is 9.90 Å². The van der Waals surface area contributed by atoms with Gasteiger partial charge in [0.1, 0.15) is 22.5 Å². The highest BCUT2D eigenvalue weighted by Gasteiger charge is 2.15. The van der Waals surface area contributed by atoms with Crippen LogP contribution in [0.3, 0.4) is 0 Å². The topological polar surface area (TPSA) is 80.0 Å². The highest BCUT2D eigenvalue weighted by Crippen LogP contribution is 2.29. The van der Waals surface area contributed by atoms with E-state index >= 15 is 0 Å². The predicted octanol–water partition coefficient (Wildman–Crippen LogP) is 3.52. The minimum absolute atomic E-state index is 0.0338. The summed E-state index contributed by atoms with van der Waals surface area (Å²) in [5.74, 6) is -0.270. The lowest BCUT2D eigenvalue weighted by molar-refractivity contribution is -0.116. The summed E-state index contributed by atoms with van der Waals surface area (Å²) in [6, 6.07) is 21.3. The number of phenolic OH excluding ortho intramolecular Hbond substituents is 1. The fourth-order valence-electron chi connectivity index (χ4n) is 3.19. The molecule has 0 fully saturated rings. The summed E-state index contributed by atoms with van der Waals surface area (Å²) in [5.41, 5.74) is 4.66. The van der Waals surface area contributed by atoms with Crippen molar-refractivity contribution < 1.29 is 9.90 Å². The number of rotatable bonds is 6. The fraction of sp³-hybridized carbons (Fsp3) is 0.0870. The molecule has 0 bridgehead atoms. The first-order valence-electron chi connectivity index (χ1n) is 9.25. The van der Waals surface area contributed by atoms with Crippen LogP contribution in [0, 0.1) is 0 Å². The van der Waals surface area contributed by atoms with E-state index < -0.39 is 0 Å². The molecule has 4 aromatic rings. The van der Waals surface area contributed by atoms with E-state index in [2.05, 4.69) is 22.1 Å². The van der Waals surface area contributed by atoms with Gasteiger partial charge in [0.2, 0.25) is 5.91 Å². The van der Waals surface area contributed by atoms with Crippen molar-refractivity contribution in [2.75, 3.05) is 0 Å². The number of phenols is 1. The molecule has 3 aromatic carbocycles. The van der Waals surface area contributed by atoms with Gasteiger partial charge in [-0.2, -0.15) is 0 Å². The van der Waals surface area contributed by atoms with Crippen LogP contribution in [0.5, 0.6) is 5.75 Å². The smallest absolute Gasteiger partial charge is 0.243 e. The molecule has 0 aliphatic heterocycles. The Bertz CT molecular complexity index is 1150. The third-order valence-corrected chi connectivity index (χ3v) is 4.62. The molecule has 6 nitrogen and oxygen atoms in total. The van der Waals surface area contributed by atoms with Crippen molar-refractivity contribution in [1.82, 2.24) is 20.3 Å². The molecule has 0 saturated heterocycles. The van der Waals surface area contributed by atoms with E-state index in [1.165, 1.54) is 10.9 Å². The number of hydrogen-bond acceptors (Lipinski definition) is 4. The van der Waals surface area contributed by atoms with Gasteiger partial charge in [0, 0.05) is 12.1 Å². The fourth-order valence-corrected chi connectivity index (χ4v) is 3.19. The average Bonchev–Trinajstić information content (AvgIpc) is 3.18. The Labute approximate surface area is 168 Å². The van der Waals surface area contributed by atoms with Crippen LogP contribution < -0.4 is 5.32 Å². The minimum Gasteiger partial charge on any atom is -0.505 e. The summed E-state index contributed by atoms with van der Waals surface area (Å²) < 4.78 is 0. The van der Waals surface area contributed by atoms with Gasteiger partial charge in [-0.1, -0.05) is 49.0 Å². The second kappa shape index (κ2) is 7.98. The molecule has 0 aliphatic rings. The molecular formula is C23H20N4O2. The molecule has 144 valence electrons. The number of amides is 1. The van der Waals surface area contributed by atoms with E-state index in [1.807, 2.05) is 66.7 Å².